The molecule has 1 saturated heterocycles. The number of nitrogens with two attached hydrogens (primary N) is 1. The van der Waals surface area contributed by atoms with E-state index in [0.29, 0.717) is 0 Å². The van der Waals surface area contributed by atoms with Crippen molar-refractivity contribution in [2.24, 2.45) is 17.6 Å². The van der Waals surface area contributed by atoms with Crippen LogP contribution in [0.3, 0.4) is 0 Å². The van der Waals surface area contributed by atoms with Gasteiger partial charge >= 0.3 is 0 Å². The summed E-state index contributed by atoms with van der Waals surface area (Å²) in [6, 6.07) is 0.744. The van der Waals surface area contributed by atoms with Gasteiger partial charge in [0.2, 0.25) is 0 Å². The maximum atomic E-state index is 5.59. The zero-order chi connectivity index (χ0) is 10.6. The lowest BCUT2D eigenvalue weighted by molar-refractivity contribution is 0.112. The molecule has 0 aromatic rings. The predicted octanol–water partition coefficient (Wildman–Crippen LogP) is 2.09. The third-order valence-corrected chi connectivity index (χ3v) is 3.76. The standard InChI is InChI=1S/C12H26N2/c1-10(2)11(3)14-8-5-12(4-7-13)6-9-14/h10-12H,4-9,13H2,1-3H3. The molecule has 2 heteroatoms. The molecule has 1 heterocycles. The molecule has 0 aliphatic carbocycles. The summed E-state index contributed by atoms with van der Waals surface area (Å²) < 4.78 is 0. The van der Waals surface area contributed by atoms with Crippen molar-refractivity contribution in [1.82, 2.24) is 4.90 Å². The highest BCUT2D eigenvalue weighted by Crippen LogP contribution is 2.23. The minimum Gasteiger partial charge on any atom is -0.330 e. The second kappa shape index (κ2) is 5.72. The van der Waals surface area contributed by atoms with Gasteiger partial charge in [-0.3, -0.25) is 0 Å². The lowest BCUT2D eigenvalue weighted by Gasteiger charge is -2.37. The second-order valence-electron chi connectivity index (χ2n) is 5.04. The van der Waals surface area contributed by atoms with Crippen LogP contribution in [0.1, 0.15) is 40.0 Å². The number of nitrogens with zero attached hydrogens (tertiary/aromatic N) is 1. The summed E-state index contributed by atoms with van der Waals surface area (Å²) in [6.45, 7) is 10.4. The summed E-state index contributed by atoms with van der Waals surface area (Å²) in [5, 5.41) is 0. The maximum Gasteiger partial charge on any atom is 0.00899 e. The van der Waals surface area contributed by atoms with Crippen LogP contribution in [0.4, 0.5) is 0 Å². The molecular weight excluding hydrogens is 172 g/mol. The van der Waals surface area contributed by atoms with Crippen molar-refractivity contribution in [3.05, 3.63) is 0 Å². The van der Waals surface area contributed by atoms with Gasteiger partial charge in [0, 0.05) is 6.04 Å². The minimum atomic E-state index is 0.744. The van der Waals surface area contributed by atoms with E-state index < -0.39 is 0 Å². The van der Waals surface area contributed by atoms with Gasteiger partial charge in [-0.1, -0.05) is 13.8 Å². The third-order valence-electron chi connectivity index (χ3n) is 3.76. The first-order valence-corrected chi connectivity index (χ1v) is 6.09. The molecule has 14 heavy (non-hydrogen) atoms. The zero-order valence-corrected chi connectivity index (χ0v) is 10.00. The molecule has 1 atom stereocenters. The second-order valence-corrected chi connectivity index (χ2v) is 5.04. The molecule has 0 radical (unpaired) electrons. The third kappa shape index (κ3) is 3.25. The van der Waals surface area contributed by atoms with E-state index in [9.17, 15) is 0 Å². The Labute approximate surface area is 88.8 Å². The van der Waals surface area contributed by atoms with E-state index in [1.54, 1.807) is 0 Å². The van der Waals surface area contributed by atoms with Crippen LogP contribution in [-0.2, 0) is 0 Å². The number of rotatable bonds is 4. The van der Waals surface area contributed by atoms with Crippen molar-refractivity contribution in [3.8, 4) is 0 Å². The molecule has 84 valence electrons. The highest BCUT2D eigenvalue weighted by atomic mass is 15.2. The van der Waals surface area contributed by atoms with Gasteiger partial charge in [-0.15, -0.1) is 0 Å². The van der Waals surface area contributed by atoms with Gasteiger partial charge in [-0.2, -0.15) is 0 Å². The number of piperidine rings is 1. The molecule has 0 aromatic heterocycles. The molecule has 1 aliphatic heterocycles. The Morgan fingerprint density at radius 3 is 2.21 bits per heavy atom. The van der Waals surface area contributed by atoms with Gasteiger partial charge in [-0.25, -0.2) is 0 Å². The quantitative estimate of drug-likeness (QED) is 0.749. The molecule has 0 aromatic carbocycles. The van der Waals surface area contributed by atoms with Gasteiger partial charge in [-0.05, 0) is 57.7 Å². The predicted molar refractivity (Wildman–Crippen MR) is 62.3 cm³/mol. The molecular formula is C12H26N2. The average molecular weight is 198 g/mol. The van der Waals surface area contributed by atoms with Gasteiger partial charge in [0.25, 0.3) is 0 Å². The van der Waals surface area contributed by atoms with Crippen LogP contribution in [0.15, 0.2) is 0 Å². The van der Waals surface area contributed by atoms with Crippen LogP contribution in [0.25, 0.3) is 0 Å². The van der Waals surface area contributed by atoms with E-state index in [4.69, 9.17) is 5.73 Å². The lowest BCUT2D eigenvalue weighted by Crippen LogP contribution is -2.42. The highest BCUT2D eigenvalue weighted by molar-refractivity contribution is 4.77. The van der Waals surface area contributed by atoms with Gasteiger partial charge in [0.15, 0.2) is 0 Å². The van der Waals surface area contributed by atoms with E-state index in [2.05, 4.69) is 25.7 Å². The molecule has 0 bridgehead atoms. The Bertz CT molecular complexity index is 148. The lowest BCUT2D eigenvalue weighted by atomic mass is 9.91. The normalized spacial score (nSPS) is 22.9. The van der Waals surface area contributed by atoms with E-state index in [1.807, 2.05) is 0 Å². The summed E-state index contributed by atoms with van der Waals surface area (Å²) in [7, 11) is 0. The Kier molecular flexibility index (Phi) is 4.90. The molecule has 1 unspecified atom stereocenters. The molecule has 2 nitrogen and oxygen atoms in total. The Balaban J connectivity index is 2.28. The first-order valence-electron chi connectivity index (χ1n) is 6.09. The molecule has 1 aliphatic rings. The van der Waals surface area contributed by atoms with Crippen molar-refractivity contribution in [2.45, 2.75) is 46.1 Å². The summed E-state index contributed by atoms with van der Waals surface area (Å²) in [5.74, 6) is 1.68. The van der Waals surface area contributed by atoms with Crippen molar-refractivity contribution >= 4 is 0 Å². The van der Waals surface area contributed by atoms with Gasteiger partial charge in [0.1, 0.15) is 0 Å². The van der Waals surface area contributed by atoms with E-state index in [0.717, 1.165) is 24.4 Å². The number of hydrogen-bond acceptors (Lipinski definition) is 2. The summed E-state index contributed by atoms with van der Waals surface area (Å²) in [6.07, 6.45) is 3.94. The van der Waals surface area contributed by atoms with Crippen molar-refractivity contribution in [3.63, 3.8) is 0 Å². The summed E-state index contributed by atoms with van der Waals surface area (Å²) in [4.78, 5) is 2.64. The van der Waals surface area contributed by atoms with E-state index in [1.165, 1.54) is 32.4 Å². The van der Waals surface area contributed by atoms with Gasteiger partial charge < -0.3 is 10.6 Å². The monoisotopic (exact) mass is 198 g/mol. The molecule has 0 amide bonds. The average Bonchev–Trinajstić information content (AvgIpc) is 2.18. The highest BCUT2D eigenvalue weighted by Gasteiger charge is 2.23. The van der Waals surface area contributed by atoms with E-state index >= 15 is 0 Å². The van der Waals surface area contributed by atoms with Gasteiger partial charge in [0.05, 0.1) is 0 Å². The molecule has 0 spiro atoms. The fourth-order valence-electron chi connectivity index (χ4n) is 2.31. The molecule has 0 saturated carbocycles. The van der Waals surface area contributed by atoms with Crippen molar-refractivity contribution in [2.75, 3.05) is 19.6 Å². The largest absolute Gasteiger partial charge is 0.330 e. The summed E-state index contributed by atoms with van der Waals surface area (Å²) >= 11 is 0. The van der Waals surface area contributed by atoms with Crippen LogP contribution in [0.2, 0.25) is 0 Å². The topological polar surface area (TPSA) is 29.3 Å². The fourth-order valence-corrected chi connectivity index (χ4v) is 2.31. The van der Waals surface area contributed by atoms with Crippen LogP contribution < -0.4 is 5.73 Å². The molecule has 1 fully saturated rings. The molecule has 1 rings (SSSR count). The number of likely N-dealkylation sites (tertiary alicyclic amines) is 1. The van der Waals surface area contributed by atoms with E-state index in [-0.39, 0.29) is 0 Å². The molecule has 2 N–H and O–H groups in total. The Hall–Kier alpha value is -0.0800. The fraction of sp³-hybridized carbons (Fsp3) is 1.00. The summed E-state index contributed by atoms with van der Waals surface area (Å²) in [5.41, 5.74) is 5.59. The van der Waals surface area contributed by atoms with Crippen LogP contribution in [-0.4, -0.2) is 30.6 Å². The van der Waals surface area contributed by atoms with Crippen molar-refractivity contribution < 1.29 is 0 Å². The van der Waals surface area contributed by atoms with Crippen LogP contribution >= 0.6 is 0 Å². The van der Waals surface area contributed by atoms with Crippen LogP contribution in [0.5, 0.6) is 0 Å². The van der Waals surface area contributed by atoms with Crippen molar-refractivity contribution in [1.29, 1.82) is 0 Å². The smallest absolute Gasteiger partial charge is 0.00899 e. The first kappa shape index (κ1) is 12.0. The van der Waals surface area contributed by atoms with Crippen LogP contribution in [0, 0.1) is 11.8 Å². The number of hydrogen-bond donors (Lipinski definition) is 1. The minimum absolute atomic E-state index is 0.744. The first-order chi connectivity index (χ1) is 6.65. The zero-order valence-electron chi connectivity index (χ0n) is 10.00. The Morgan fingerprint density at radius 2 is 1.79 bits per heavy atom. The Morgan fingerprint density at radius 1 is 1.21 bits per heavy atom. The SMILES string of the molecule is CC(C)C(C)N1CCC(CCN)CC1. The maximum absolute atomic E-state index is 5.59.